The normalized spacial score (nSPS) is 18.9. The predicted molar refractivity (Wildman–Crippen MR) is 325 cm³/mol. The first kappa shape index (κ1) is 74.4. The van der Waals surface area contributed by atoms with Crippen molar-refractivity contribution in [2.45, 2.75) is 391 Å². The van der Waals surface area contributed by atoms with Crippen molar-refractivity contribution in [2.24, 2.45) is 0 Å². The molecule has 8 atom stereocenters. The average molecular weight is 1110 g/mol. The molecule has 0 aromatic heterocycles. The van der Waals surface area contributed by atoms with Gasteiger partial charge in [-0.25, -0.2) is 0 Å². The van der Waals surface area contributed by atoms with Gasteiger partial charge in [0.05, 0.1) is 25.4 Å². The number of hydrogen-bond donors (Lipinski definition) is 6. The molecule has 1 saturated heterocycles. The Kier molecular flexibility index (Phi) is 53.3. The van der Waals surface area contributed by atoms with Gasteiger partial charge in [0.1, 0.15) is 24.4 Å². The summed E-state index contributed by atoms with van der Waals surface area (Å²) in [7, 11) is 0. The van der Waals surface area contributed by atoms with Gasteiger partial charge in [0.15, 0.2) is 12.4 Å². The van der Waals surface area contributed by atoms with E-state index in [4.69, 9.17) is 14.2 Å². The molecule has 0 radical (unpaired) electrons. The summed E-state index contributed by atoms with van der Waals surface area (Å²) in [5.41, 5.74) is 0. The van der Waals surface area contributed by atoms with Crippen LogP contribution in [0.3, 0.4) is 0 Å². The molecule has 0 saturated carbocycles. The lowest BCUT2D eigenvalue weighted by atomic mass is 9.99. The molecule has 1 rings (SSSR count). The molecule has 11 heteroatoms. The molecule has 0 aromatic carbocycles. The van der Waals surface area contributed by atoms with Crippen LogP contribution in [0.5, 0.6) is 0 Å². The van der Waals surface area contributed by atoms with Gasteiger partial charge < -0.3 is 45.1 Å². The first-order valence-electron chi connectivity index (χ1n) is 34.0. The topological polar surface area (TPSA) is 175 Å². The first-order valence-corrected chi connectivity index (χ1v) is 34.0. The van der Waals surface area contributed by atoms with Crippen molar-refractivity contribution in [2.75, 3.05) is 13.2 Å². The van der Waals surface area contributed by atoms with E-state index in [1.165, 1.54) is 238 Å². The standard InChI is InChI=1S/C67H129NO10/c1-4-7-10-13-16-19-22-25-27-29-31-33-35-37-40-43-46-49-52-55-62(72)78-65-64(74)63(73)61(56-69)77-67(65)76-57-58(59(70)53-50-47-44-41-38-24-21-18-15-12-9-6-3)68-66(75)60(71)54-51-48-45-42-39-36-34-32-30-28-26-23-20-17-14-11-8-5-2/h50,53,58-61,63-65,67,69-71,73-74H,4-49,51-52,54-57H2,1-3H3,(H,68,75)/b53-50+. The summed E-state index contributed by atoms with van der Waals surface area (Å²) in [4.78, 5) is 26.6. The van der Waals surface area contributed by atoms with Crippen LogP contribution >= 0.6 is 0 Å². The highest BCUT2D eigenvalue weighted by Crippen LogP contribution is 2.26. The van der Waals surface area contributed by atoms with Crippen LogP contribution in [0.2, 0.25) is 0 Å². The van der Waals surface area contributed by atoms with Crippen molar-refractivity contribution in [3.8, 4) is 0 Å². The minimum Gasteiger partial charge on any atom is -0.454 e. The molecular weight excluding hydrogens is 979 g/mol. The van der Waals surface area contributed by atoms with Crippen LogP contribution in [-0.4, -0.2) is 99.6 Å². The molecule has 1 heterocycles. The maximum Gasteiger partial charge on any atom is 0.306 e. The highest BCUT2D eigenvalue weighted by Gasteiger charge is 2.47. The van der Waals surface area contributed by atoms with Crippen LogP contribution in [-0.2, 0) is 23.8 Å². The summed E-state index contributed by atoms with van der Waals surface area (Å²) in [6.07, 6.45) is 53.9. The summed E-state index contributed by atoms with van der Waals surface area (Å²) in [6.45, 7) is 5.85. The number of carbonyl (C=O) groups excluding carboxylic acids is 2. The van der Waals surface area contributed by atoms with Crippen molar-refractivity contribution in [1.29, 1.82) is 0 Å². The molecule has 1 fully saturated rings. The second-order valence-electron chi connectivity index (χ2n) is 23.9. The number of carbonyl (C=O) groups is 2. The van der Waals surface area contributed by atoms with Gasteiger partial charge in [0, 0.05) is 6.42 Å². The van der Waals surface area contributed by atoms with E-state index in [1.54, 1.807) is 6.08 Å². The molecule has 78 heavy (non-hydrogen) atoms. The highest BCUT2D eigenvalue weighted by molar-refractivity contribution is 5.80. The van der Waals surface area contributed by atoms with Crippen LogP contribution in [0.4, 0.5) is 0 Å². The molecule has 0 bridgehead atoms. The Morgan fingerprint density at radius 3 is 1.21 bits per heavy atom. The Morgan fingerprint density at radius 2 is 0.833 bits per heavy atom. The third-order valence-electron chi connectivity index (χ3n) is 16.4. The van der Waals surface area contributed by atoms with Gasteiger partial charge in [0.25, 0.3) is 0 Å². The second kappa shape index (κ2) is 55.9. The molecule has 0 aliphatic carbocycles. The largest absolute Gasteiger partial charge is 0.454 e. The number of hydrogen-bond acceptors (Lipinski definition) is 10. The number of allylic oxidation sites excluding steroid dienone is 1. The number of unbranched alkanes of at least 4 members (excludes halogenated alkanes) is 45. The molecule has 0 aromatic rings. The lowest BCUT2D eigenvalue weighted by molar-refractivity contribution is -0.305. The quantitative estimate of drug-likeness (QED) is 0.0195. The van der Waals surface area contributed by atoms with Gasteiger partial charge in [-0.1, -0.05) is 322 Å². The van der Waals surface area contributed by atoms with Crippen molar-refractivity contribution in [3.63, 3.8) is 0 Å². The van der Waals surface area contributed by atoms with Crippen molar-refractivity contribution in [3.05, 3.63) is 12.2 Å². The monoisotopic (exact) mass is 1110 g/mol. The van der Waals surface area contributed by atoms with Crippen LogP contribution < -0.4 is 5.32 Å². The van der Waals surface area contributed by atoms with E-state index in [1.807, 2.05) is 6.08 Å². The third-order valence-corrected chi connectivity index (χ3v) is 16.4. The molecule has 11 nitrogen and oxygen atoms in total. The Labute approximate surface area is 480 Å². The zero-order chi connectivity index (χ0) is 56.8. The van der Waals surface area contributed by atoms with Gasteiger partial charge in [-0.3, -0.25) is 9.59 Å². The smallest absolute Gasteiger partial charge is 0.306 e. The van der Waals surface area contributed by atoms with Gasteiger partial charge in [-0.05, 0) is 25.7 Å². The van der Waals surface area contributed by atoms with Crippen molar-refractivity contribution in [1.82, 2.24) is 5.32 Å². The maximum absolute atomic E-state index is 13.4. The molecule has 1 aliphatic heterocycles. The van der Waals surface area contributed by atoms with Crippen LogP contribution in [0.15, 0.2) is 12.2 Å². The summed E-state index contributed by atoms with van der Waals surface area (Å²) in [5.74, 6) is -1.17. The zero-order valence-corrected chi connectivity index (χ0v) is 51.3. The van der Waals surface area contributed by atoms with Gasteiger partial charge in [0.2, 0.25) is 5.91 Å². The van der Waals surface area contributed by atoms with E-state index in [0.29, 0.717) is 19.3 Å². The summed E-state index contributed by atoms with van der Waals surface area (Å²) >= 11 is 0. The summed E-state index contributed by atoms with van der Waals surface area (Å²) < 4.78 is 17.7. The van der Waals surface area contributed by atoms with Crippen LogP contribution in [0.25, 0.3) is 0 Å². The van der Waals surface area contributed by atoms with E-state index in [0.717, 1.165) is 57.8 Å². The number of ether oxygens (including phenoxy) is 3. The molecule has 462 valence electrons. The van der Waals surface area contributed by atoms with E-state index in [-0.39, 0.29) is 13.0 Å². The van der Waals surface area contributed by atoms with E-state index >= 15 is 0 Å². The minimum atomic E-state index is -1.61. The SMILES string of the molecule is CCCCCCCCCCCC/C=C/C(O)C(COC1OC(CO)C(O)C(O)C1OC(=O)CCCCCCCCCCCCCCCCCCCCC)NC(=O)C(O)CCCCCCCCCCCCCCCCCCCC. The van der Waals surface area contributed by atoms with E-state index in [9.17, 15) is 35.1 Å². The molecule has 6 N–H and O–H groups in total. The van der Waals surface area contributed by atoms with Gasteiger partial charge in [-0.15, -0.1) is 0 Å². The van der Waals surface area contributed by atoms with Crippen LogP contribution in [0, 0.1) is 0 Å². The summed E-state index contributed by atoms with van der Waals surface area (Å²) in [6, 6.07) is -1.02. The second-order valence-corrected chi connectivity index (χ2v) is 23.9. The fourth-order valence-electron chi connectivity index (χ4n) is 11.1. The van der Waals surface area contributed by atoms with Crippen molar-refractivity contribution < 1.29 is 49.3 Å². The number of aliphatic hydroxyl groups is 5. The van der Waals surface area contributed by atoms with E-state index in [2.05, 4.69) is 26.1 Å². The van der Waals surface area contributed by atoms with Crippen LogP contribution in [0.1, 0.15) is 342 Å². The lowest BCUT2D eigenvalue weighted by Gasteiger charge is -2.41. The lowest BCUT2D eigenvalue weighted by Crippen LogP contribution is -2.61. The number of nitrogens with one attached hydrogen (secondary N) is 1. The molecule has 1 aliphatic rings. The Hall–Kier alpha value is -1.60. The minimum absolute atomic E-state index is 0.132. The third kappa shape index (κ3) is 43.1. The van der Waals surface area contributed by atoms with Crippen molar-refractivity contribution >= 4 is 11.9 Å². The Balaban J connectivity index is 2.61. The predicted octanol–water partition coefficient (Wildman–Crippen LogP) is 16.7. The molecule has 1 amide bonds. The fraction of sp³-hybridized carbons (Fsp3) is 0.940. The Bertz CT molecular complexity index is 1320. The fourth-order valence-corrected chi connectivity index (χ4v) is 11.1. The summed E-state index contributed by atoms with van der Waals surface area (Å²) in [5, 5.41) is 57.1. The zero-order valence-electron chi connectivity index (χ0n) is 51.3. The highest BCUT2D eigenvalue weighted by atomic mass is 16.7. The molecule has 0 spiro atoms. The van der Waals surface area contributed by atoms with Gasteiger partial charge in [-0.2, -0.15) is 0 Å². The first-order chi connectivity index (χ1) is 38.2. The maximum atomic E-state index is 13.4. The molecular formula is C67H129NO10. The molecule has 8 unspecified atom stereocenters. The van der Waals surface area contributed by atoms with Gasteiger partial charge >= 0.3 is 5.97 Å². The average Bonchev–Trinajstić information content (AvgIpc) is 3.45. The number of amides is 1. The number of esters is 1. The van der Waals surface area contributed by atoms with E-state index < -0.39 is 67.4 Å². The number of rotatable bonds is 59. The number of aliphatic hydroxyl groups excluding tert-OH is 5. The Morgan fingerprint density at radius 1 is 0.487 bits per heavy atom.